The number of phenolic OH excluding ortho intramolecular Hbond substituents is 1. The monoisotopic (exact) mass is 340 g/mol. The third-order valence-corrected chi connectivity index (χ3v) is 3.99. The number of pyridine rings is 1. The lowest BCUT2D eigenvalue weighted by molar-refractivity contribution is 0.378. The number of imidazole rings is 1. The molecule has 0 spiro atoms. The number of halogens is 1. The van der Waals surface area contributed by atoms with Crippen LogP contribution in [0.2, 0.25) is 5.15 Å². The van der Waals surface area contributed by atoms with E-state index in [0.29, 0.717) is 29.0 Å². The van der Waals surface area contributed by atoms with E-state index >= 15 is 0 Å². The minimum absolute atomic E-state index is 0.251. The summed E-state index contributed by atoms with van der Waals surface area (Å²) in [6.45, 7) is 0. The lowest BCUT2D eigenvalue weighted by atomic mass is 10.1. The van der Waals surface area contributed by atoms with Crippen LogP contribution in [-0.4, -0.2) is 24.6 Å². The van der Waals surface area contributed by atoms with Gasteiger partial charge in [0.25, 0.3) is 0 Å². The molecule has 6 nitrogen and oxygen atoms in total. The predicted octanol–water partition coefficient (Wildman–Crippen LogP) is 3.53. The molecule has 0 bridgehead atoms. The van der Waals surface area contributed by atoms with Gasteiger partial charge in [-0.25, -0.2) is 4.98 Å². The number of nitrogens with zero attached hydrogens (tertiary/aromatic N) is 4. The number of aromatic nitrogens is 4. The number of hydrogen-bond donors (Lipinski definition) is 1. The van der Waals surface area contributed by atoms with Crippen LogP contribution in [0.1, 0.15) is 11.5 Å². The maximum atomic E-state index is 9.30. The molecule has 3 aromatic heterocycles. The third kappa shape index (κ3) is 2.72. The highest BCUT2D eigenvalue weighted by molar-refractivity contribution is 6.32. The maximum Gasteiger partial charge on any atom is 0.227 e. The van der Waals surface area contributed by atoms with E-state index < -0.39 is 0 Å². The minimum atomic E-state index is 0.251. The normalized spacial score (nSPS) is 11.2. The molecule has 0 fully saturated rings. The molecule has 7 heteroatoms. The molecule has 4 aromatic rings. The van der Waals surface area contributed by atoms with Gasteiger partial charge in [-0.05, 0) is 36.2 Å². The van der Waals surface area contributed by atoms with Crippen LogP contribution in [0.3, 0.4) is 0 Å². The molecule has 4 rings (SSSR count). The average molecular weight is 341 g/mol. The second-order valence-electron chi connectivity index (χ2n) is 5.36. The Balaban J connectivity index is 1.58. The SMILES string of the molecule is Oc1ccc(CCc2nc(-c3c(Cl)nc4ccccn34)no2)cc1. The number of rotatable bonds is 4. The fraction of sp³-hybridized carbons (Fsp3) is 0.118. The Morgan fingerprint density at radius 1 is 1.04 bits per heavy atom. The second kappa shape index (κ2) is 5.98. The smallest absolute Gasteiger partial charge is 0.227 e. The van der Waals surface area contributed by atoms with E-state index in [1.54, 1.807) is 12.1 Å². The van der Waals surface area contributed by atoms with Crippen LogP contribution >= 0.6 is 11.6 Å². The molecule has 0 aliphatic rings. The summed E-state index contributed by atoms with van der Waals surface area (Å²) < 4.78 is 7.16. The van der Waals surface area contributed by atoms with Crippen molar-refractivity contribution >= 4 is 17.2 Å². The van der Waals surface area contributed by atoms with Crippen LogP contribution in [0.15, 0.2) is 53.2 Å². The Morgan fingerprint density at radius 2 is 1.88 bits per heavy atom. The highest BCUT2D eigenvalue weighted by Crippen LogP contribution is 2.26. The quantitative estimate of drug-likeness (QED) is 0.615. The number of hydrogen-bond acceptors (Lipinski definition) is 5. The molecule has 1 aromatic carbocycles. The zero-order valence-electron chi connectivity index (χ0n) is 12.6. The van der Waals surface area contributed by atoms with Gasteiger partial charge < -0.3 is 9.63 Å². The number of aryl methyl sites for hydroxylation is 2. The van der Waals surface area contributed by atoms with E-state index in [9.17, 15) is 5.11 Å². The molecule has 0 saturated carbocycles. The third-order valence-electron chi connectivity index (χ3n) is 3.73. The first-order valence-corrected chi connectivity index (χ1v) is 7.82. The molecule has 1 N–H and O–H groups in total. The van der Waals surface area contributed by atoms with Crippen molar-refractivity contribution in [2.45, 2.75) is 12.8 Å². The molecule has 0 aliphatic carbocycles. The Labute approximate surface area is 142 Å². The van der Waals surface area contributed by atoms with Gasteiger partial charge in [-0.2, -0.15) is 4.98 Å². The van der Waals surface area contributed by atoms with Crippen LogP contribution in [0.4, 0.5) is 0 Å². The van der Waals surface area contributed by atoms with Gasteiger partial charge in [0.1, 0.15) is 17.1 Å². The summed E-state index contributed by atoms with van der Waals surface area (Å²) in [6.07, 6.45) is 3.20. The number of aromatic hydroxyl groups is 1. The first kappa shape index (κ1) is 14.7. The van der Waals surface area contributed by atoms with E-state index in [-0.39, 0.29) is 5.75 Å². The predicted molar refractivity (Wildman–Crippen MR) is 89.0 cm³/mol. The molecule has 120 valence electrons. The summed E-state index contributed by atoms with van der Waals surface area (Å²) in [7, 11) is 0. The first-order chi connectivity index (χ1) is 11.7. The molecule has 0 saturated heterocycles. The summed E-state index contributed by atoms with van der Waals surface area (Å²) >= 11 is 6.22. The van der Waals surface area contributed by atoms with E-state index in [0.717, 1.165) is 17.6 Å². The van der Waals surface area contributed by atoms with Crippen molar-refractivity contribution in [1.82, 2.24) is 19.5 Å². The Bertz CT molecular complexity index is 991. The molecule has 3 heterocycles. The lowest BCUT2D eigenvalue weighted by Gasteiger charge is -1.98. The molecule has 0 aliphatic heterocycles. The Hall–Kier alpha value is -2.86. The molecule has 0 amide bonds. The van der Waals surface area contributed by atoms with Crippen molar-refractivity contribution in [2.24, 2.45) is 0 Å². The van der Waals surface area contributed by atoms with Crippen LogP contribution in [-0.2, 0) is 12.8 Å². The van der Waals surface area contributed by atoms with E-state index in [2.05, 4.69) is 15.1 Å². The summed E-state index contributed by atoms with van der Waals surface area (Å²) in [6, 6.07) is 12.7. The average Bonchev–Trinajstić information content (AvgIpc) is 3.17. The number of phenols is 1. The zero-order valence-corrected chi connectivity index (χ0v) is 13.3. The molecular formula is C17H13ClN4O2. The topological polar surface area (TPSA) is 76.5 Å². The van der Waals surface area contributed by atoms with Crippen molar-refractivity contribution in [3.05, 3.63) is 65.3 Å². The summed E-state index contributed by atoms with van der Waals surface area (Å²) in [4.78, 5) is 8.71. The molecule has 0 unspecified atom stereocenters. The van der Waals surface area contributed by atoms with Gasteiger partial charge in [0.05, 0.1) is 0 Å². The van der Waals surface area contributed by atoms with Crippen molar-refractivity contribution < 1.29 is 9.63 Å². The highest BCUT2D eigenvalue weighted by atomic mass is 35.5. The van der Waals surface area contributed by atoms with Gasteiger partial charge in [-0.15, -0.1) is 0 Å². The highest BCUT2D eigenvalue weighted by Gasteiger charge is 2.18. The summed E-state index contributed by atoms with van der Waals surface area (Å²) in [5, 5.41) is 13.7. The number of benzene rings is 1. The van der Waals surface area contributed by atoms with Crippen molar-refractivity contribution in [3.8, 4) is 17.3 Å². The van der Waals surface area contributed by atoms with Gasteiger partial charge in [0.15, 0.2) is 5.15 Å². The standard InChI is InChI=1S/C17H13ClN4O2/c18-16-15(22-10-2-1-3-13(22)19-16)17-20-14(24-21-17)9-6-11-4-7-12(23)8-5-11/h1-5,7-8,10,23H,6,9H2. The fourth-order valence-corrected chi connectivity index (χ4v) is 2.80. The van der Waals surface area contributed by atoms with Gasteiger partial charge in [-0.3, -0.25) is 4.40 Å². The Kier molecular flexibility index (Phi) is 3.66. The van der Waals surface area contributed by atoms with Crippen LogP contribution in [0.5, 0.6) is 5.75 Å². The Morgan fingerprint density at radius 3 is 2.71 bits per heavy atom. The van der Waals surface area contributed by atoms with Crippen LogP contribution in [0, 0.1) is 0 Å². The van der Waals surface area contributed by atoms with Gasteiger partial charge >= 0.3 is 0 Å². The van der Waals surface area contributed by atoms with Crippen LogP contribution < -0.4 is 0 Å². The zero-order chi connectivity index (χ0) is 16.5. The maximum absolute atomic E-state index is 9.30. The number of fused-ring (bicyclic) bond motifs is 1. The molecule has 0 radical (unpaired) electrons. The fourth-order valence-electron chi connectivity index (χ4n) is 2.53. The second-order valence-corrected chi connectivity index (χ2v) is 5.72. The van der Waals surface area contributed by atoms with E-state index in [1.807, 2.05) is 40.9 Å². The van der Waals surface area contributed by atoms with E-state index in [4.69, 9.17) is 16.1 Å². The first-order valence-electron chi connectivity index (χ1n) is 7.44. The lowest BCUT2D eigenvalue weighted by Crippen LogP contribution is -1.92. The van der Waals surface area contributed by atoms with Crippen molar-refractivity contribution in [1.29, 1.82) is 0 Å². The van der Waals surface area contributed by atoms with E-state index in [1.165, 1.54) is 0 Å². The van der Waals surface area contributed by atoms with Crippen molar-refractivity contribution in [3.63, 3.8) is 0 Å². The minimum Gasteiger partial charge on any atom is -0.508 e. The van der Waals surface area contributed by atoms with Gasteiger partial charge in [0, 0.05) is 12.6 Å². The molecule has 0 atom stereocenters. The summed E-state index contributed by atoms with van der Waals surface area (Å²) in [5.41, 5.74) is 2.43. The molecular weight excluding hydrogens is 328 g/mol. The van der Waals surface area contributed by atoms with Crippen molar-refractivity contribution in [2.75, 3.05) is 0 Å². The summed E-state index contributed by atoms with van der Waals surface area (Å²) in [5.74, 6) is 1.19. The van der Waals surface area contributed by atoms with Gasteiger partial charge in [-0.1, -0.05) is 35.0 Å². The molecule has 24 heavy (non-hydrogen) atoms. The van der Waals surface area contributed by atoms with Crippen LogP contribution in [0.25, 0.3) is 17.2 Å². The van der Waals surface area contributed by atoms with Gasteiger partial charge in [0.2, 0.25) is 11.7 Å². The largest absolute Gasteiger partial charge is 0.508 e.